The van der Waals surface area contributed by atoms with Crippen molar-refractivity contribution in [3.05, 3.63) is 29.8 Å². The van der Waals surface area contributed by atoms with Gasteiger partial charge in [0, 0.05) is 26.2 Å². The first kappa shape index (κ1) is 25.1. The highest BCUT2D eigenvalue weighted by Gasteiger charge is 2.33. The van der Waals surface area contributed by atoms with Crippen LogP contribution in [-0.2, 0) is 33.8 Å². The lowest BCUT2D eigenvalue weighted by molar-refractivity contribution is -0.153. The quantitative estimate of drug-likeness (QED) is 0.518. The van der Waals surface area contributed by atoms with Crippen molar-refractivity contribution in [2.75, 3.05) is 39.5 Å². The first-order valence-corrected chi connectivity index (χ1v) is 12.6. The van der Waals surface area contributed by atoms with Gasteiger partial charge in [0.25, 0.3) is 5.91 Å². The molecule has 1 atom stereocenters. The Labute approximate surface area is 193 Å². The number of nitrogens with zero attached hydrogens (tertiary/aromatic N) is 1. The van der Waals surface area contributed by atoms with E-state index in [-0.39, 0.29) is 48.8 Å². The van der Waals surface area contributed by atoms with Crippen molar-refractivity contribution in [3.63, 3.8) is 0 Å². The van der Waals surface area contributed by atoms with Gasteiger partial charge in [0.1, 0.15) is 0 Å². The standard InChI is InChI=1S/C22H30N2O8S/c1-2-30-21(26)16-5-7-19(8-6-16)33(28,29)24-11-9-17(10-12-24)22(27)32-15-20(25)23-14-18-4-3-13-31-18/h5-8,17-18H,2-4,9-15H2,1H3,(H,23,25)/t18-/m0/s1. The molecule has 11 heteroatoms. The van der Waals surface area contributed by atoms with E-state index in [1.807, 2.05) is 0 Å². The van der Waals surface area contributed by atoms with Gasteiger partial charge in [0.15, 0.2) is 6.61 Å². The van der Waals surface area contributed by atoms with E-state index in [4.69, 9.17) is 14.2 Å². The first-order chi connectivity index (χ1) is 15.8. The third-order valence-corrected chi connectivity index (χ3v) is 7.60. The summed E-state index contributed by atoms with van der Waals surface area (Å²) >= 11 is 0. The van der Waals surface area contributed by atoms with Gasteiger partial charge >= 0.3 is 11.9 Å². The molecule has 1 aromatic rings. The summed E-state index contributed by atoms with van der Waals surface area (Å²) in [5, 5.41) is 2.69. The predicted octanol–water partition coefficient (Wildman–Crippen LogP) is 1.10. The van der Waals surface area contributed by atoms with Crippen LogP contribution in [0.4, 0.5) is 0 Å². The van der Waals surface area contributed by atoms with Crippen molar-refractivity contribution in [1.29, 1.82) is 0 Å². The van der Waals surface area contributed by atoms with E-state index in [9.17, 15) is 22.8 Å². The number of piperidine rings is 1. The minimum atomic E-state index is -3.75. The number of benzene rings is 1. The Morgan fingerprint density at radius 3 is 2.39 bits per heavy atom. The third kappa shape index (κ3) is 6.75. The Hall–Kier alpha value is -2.50. The normalized spacial score (nSPS) is 19.7. The third-order valence-electron chi connectivity index (χ3n) is 5.69. The summed E-state index contributed by atoms with van der Waals surface area (Å²) in [7, 11) is -3.75. The summed E-state index contributed by atoms with van der Waals surface area (Å²) in [5.74, 6) is -1.86. The Kier molecular flexibility index (Phi) is 8.81. The van der Waals surface area contributed by atoms with Gasteiger partial charge in [0.05, 0.1) is 29.1 Å². The topological polar surface area (TPSA) is 128 Å². The Balaban J connectivity index is 1.44. The molecule has 0 saturated carbocycles. The summed E-state index contributed by atoms with van der Waals surface area (Å²) in [6.07, 6.45) is 2.49. The van der Waals surface area contributed by atoms with Gasteiger partial charge in [0.2, 0.25) is 10.0 Å². The van der Waals surface area contributed by atoms with Gasteiger partial charge in [-0.05, 0) is 56.9 Å². The number of amides is 1. The minimum absolute atomic E-state index is 0.0114. The number of esters is 2. The number of ether oxygens (including phenoxy) is 3. The Morgan fingerprint density at radius 2 is 1.79 bits per heavy atom. The second kappa shape index (κ2) is 11.6. The van der Waals surface area contributed by atoms with E-state index in [1.54, 1.807) is 6.92 Å². The molecule has 3 rings (SSSR count). The first-order valence-electron chi connectivity index (χ1n) is 11.1. The van der Waals surface area contributed by atoms with E-state index in [0.717, 1.165) is 12.8 Å². The maximum atomic E-state index is 12.9. The lowest BCUT2D eigenvalue weighted by atomic mass is 9.98. The molecule has 2 heterocycles. The van der Waals surface area contributed by atoms with Crippen molar-refractivity contribution >= 4 is 27.9 Å². The van der Waals surface area contributed by atoms with Crippen LogP contribution in [0, 0.1) is 5.92 Å². The van der Waals surface area contributed by atoms with Crippen LogP contribution in [0.3, 0.4) is 0 Å². The highest BCUT2D eigenvalue weighted by atomic mass is 32.2. The number of carbonyl (C=O) groups is 3. The second-order valence-corrected chi connectivity index (χ2v) is 9.91. The van der Waals surface area contributed by atoms with Gasteiger partial charge < -0.3 is 19.5 Å². The summed E-state index contributed by atoms with van der Waals surface area (Å²) in [4.78, 5) is 36.0. The molecule has 1 amide bonds. The van der Waals surface area contributed by atoms with Crippen molar-refractivity contribution in [2.45, 2.75) is 43.6 Å². The maximum Gasteiger partial charge on any atom is 0.338 e. The number of rotatable bonds is 9. The smallest absolute Gasteiger partial charge is 0.338 e. The summed E-state index contributed by atoms with van der Waals surface area (Å²) in [6, 6.07) is 5.58. The number of hydrogen-bond donors (Lipinski definition) is 1. The fourth-order valence-corrected chi connectivity index (χ4v) is 5.27. The molecular formula is C22H30N2O8S. The maximum absolute atomic E-state index is 12.9. The van der Waals surface area contributed by atoms with Crippen molar-refractivity contribution in [3.8, 4) is 0 Å². The lowest BCUT2D eigenvalue weighted by Crippen LogP contribution is -2.41. The molecule has 33 heavy (non-hydrogen) atoms. The number of carbonyl (C=O) groups excluding carboxylic acids is 3. The summed E-state index contributed by atoms with van der Waals surface area (Å²) in [5.41, 5.74) is 0.275. The molecule has 0 bridgehead atoms. The minimum Gasteiger partial charge on any atom is -0.462 e. The average molecular weight is 483 g/mol. The molecule has 0 aromatic heterocycles. The second-order valence-electron chi connectivity index (χ2n) is 7.97. The fraction of sp³-hybridized carbons (Fsp3) is 0.591. The number of hydrogen-bond acceptors (Lipinski definition) is 8. The highest BCUT2D eigenvalue weighted by molar-refractivity contribution is 7.89. The Morgan fingerprint density at radius 1 is 1.09 bits per heavy atom. The molecule has 2 aliphatic heterocycles. The summed E-state index contributed by atoms with van der Waals surface area (Å²) in [6.45, 7) is 2.97. The molecule has 2 aliphatic rings. The predicted molar refractivity (Wildman–Crippen MR) is 117 cm³/mol. The molecule has 182 valence electrons. The molecule has 2 saturated heterocycles. The van der Waals surface area contributed by atoms with E-state index in [1.165, 1.54) is 28.6 Å². The van der Waals surface area contributed by atoms with Gasteiger partial charge in [-0.25, -0.2) is 13.2 Å². The van der Waals surface area contributed by atoms with Gasteiger partial charge in [-0.15, -0.1) is 0 Å². The van der Waals surface area contributed by atoms with Crippen molar-refractivity contribution in [1.82, 2.24) is 9.62 Å². The van der Waals surface area contributed by atoms with E-state index in [0.29, 0.717) is 26.0 Å². The molecular weight excluding hydrogens is 452 g/mol. The van der Waals surface area contributed by atoms with Crippen LogP contribution >= 0.6 is 0 Å². The lowest BCUT2D eigenvalue weighted by Gasteiger charge is -2.30. The van der Waals surface area contributed by atoms with E-state index < -0.39 is 27.9 Å². The molecule has 0 radical (unpaired) electrons. The van der Waals surface area contributed by atoms with Crippen LogP contribution in [0.1, 0.15) is 43.0 Å². The summed E-state index contributed by atoms with van der Waals surface area (Å²) < 4.78 is 42.5. The largest absolute Gasteiger partial charge is 0.462 e. The molecule has 1 aromatic carbocycles. The molecule has 2 fully saturated rings. The van der Waals surface area contributed by atoms with Gasteiger partial charge in [-0.3, -0.25) is 9.59 Å². The van der Waals surface area contributed by atoms with Gasteiger partial charge in [-0.1, -0.05) is 0 Å². The van der Waals surface area contributed by atoms with Crippen LogP contribution in [0.15, 0.2) is 29.2 Å². The van der Waals surface area contributed by atoms with Crippen LogP contribution in [0.2, 0.25) is 0 Å². The average Bonchev–Trinajstić information content (AvgIpc) is 3.35. The van der Waals surface area contributed by atoms with Crippen LogP contribution in [0.5, 0.6) is 0 Å². The molecule has 0 unspecified atom stereocenters. The van der Waals surface area contributed by atoms with Crippen LogP contribution in [-0.4, -0.2) is 76.1 Å². The van der Waals surface area contributed by atoms with Crippen molar-refractivity contribution in [2.24, 2.45) is 5.92 Å². The molecule has 0 spiro atoms. The number of sulfonamides is 1. The van der Waals surface area contributed by atoms with Crippen LogP contribution in [0.25, 0.3) is 0 Å². The zero-order valence-corrected chi connectivity index (χ0v) is 19.5. The van der Waals surface area contributed by atoms with Crippen LogP contribution < -0.4 is 5.32 Å². The fourth-order valence-electron chi connectivity index (χ4n) is 3.80. The molecule has 1 N–H and O–H groups in total. The molecule has 0 aliphatic carbocycles. The highest BCUT2D eigenvalue weighted by Crippen LogP contribution is 2.25. The monoisotopic (exact) mass is 482 g/mol. The SMILES string of the molecule is CCOC(=O)c1ccc(S(=O)(=O)N2CCC(C(=O)OCC(=O)NC[C@@H]3CCCO3)CC2)cc1. The van der Waals surface area contributed by atoms with E-state index in [2.05, 4.69) is 5.32 Å². The Bertz CT molecular complexity index is 934. The van der Waals surface area contributed by atoms with Gasteiger partial charge in [-0.2, -0.15) is 4.31 Å². The zero-order valence-electron chi connectivity index (χ0n) is 18.7. The number of nitrogens with one attached hydrogen (secondary N) is 1. The zero-order chi connectivity index (χ0) is 23.8. The van der Waals surface area contributed by atoms with E-state index >= 15 is 0 Å². The molecule has 10 nitrogen and oxygen atoms in total. The van der Waals surface area contributed by atoms with Crippen molar-refractivity contribution < 1.29 is 37.0 Å².